The third kappa shape index (κ3) is 3.26. The van der Waals surface area contributed by atoms with Gasteiger partial charge in [-0.2, -0.15) is 0 Å². The highest BCUT2D eigenvalue weighted by Gasteiger charge is 2.21. The number of benzene rings is 2. The maximum absolute atomic E-state index is 12.9. The van der Waals surface area contributed by atoms with Crippen molar-refractivity contribution in [2.45, 2.75) is 13.8 Å². The van der Waals surface area contributed by atoms with E-state index in [1.165, 1.54) is 7.11 Å². The van der Waals surface area contributed by atoms with Crippen LogP contribution in [0.25, 0.3) is 22.3 Å². The van der Waals surface area contributed by atoms with E-state index in [9.17, 15) is 9.59 Å². The molecule has 0 saturated heterocycles. The van der Waals surface area contributed by atoms with Crippen LogP contribution in [0.1, 0.15) is 22.8 Å². The molecule has 0 unspecified atom stereocenters. The van der Waals surface area contributed by atoms with Gasteiger partial charge in [-0.3, -0.25) is 4.79 Å². The largest absolute Gasteiger partial charge is 0.497 e. The molecule has 3 aromatic rings. The molecule has 0 radical (unpaired) electrons. The van der Waals surface area contributed by atoms with Gasteiger partial charge in [0, 0.05) is 11.6 Å². The first-order valence-corrected chi connectivity index (χ1v) is 8.47. The van der Waals surface area contributed by atoms with E-state index >= 15 is 0 Å². The summed E-state index contributed by atoms with van der Waals surface area (Å²) in [5.41, 5.74) is 1.20. The lowest BCUT2D eigenvalue weighted by Gasteiger charge is -2.13. The zero-order valence-corrected chi connectivity index (χ0v) is 15.6. The molecule has 1 aromatic heterocycles. The predicted molar refractivity (Wildman–Crippen MR) is 102 cm³/mol. The number of esters is 1. The second-order valence-corrected chi connectivity index (χ2v) is 5.85. The highest BCUT2D eigenvalue weighted by Crippen LogP contribution is 2.36. The van der Waals surface area contributed by atoms with Crippen molar-refractivity contribution in [2.24, 2.45) is 0 Å². The van der Waals surface area contributed by atoms with E-state index in [0.717, 1.165) is 0 Å². The van der Waals surface area contributed by atoms with E-state index in [1.807, 2.05) is 0 Å². The first kappa shape index (κ1) is 18.5. The standard InChI is InChI=1S/C21H20O6/c1-5-26-21(23)16-8-6-7-15-18(22)12(2)19(27-20(15)16)14-10-9-13(24-3)11-17(14)25-4/h6-11H,5H2,1-4H3. The molecule has 0 aliphatic carbocycles. The van der Waals surface area contributed by atoms with Crippen LogP contribution in [0.2, 0.25) is 0 Å². The molecule has 0 fully saturated rings. The van der Waals surface area contributed by atoms with Gasteiger partial charge in [0.05, 0.1) is 31.8 Å². The van der Waals surface area contributed by atoms with E-state index in [1.54, 1.807) is 57.4 Å². The summed E-state index contributed by atoms with van der Waals surface area (Å²) in [7, 11) is 3.08. The molecule has 27 heavy (non-hydrogen) atoms. The van der Waals surface area contributed by atoms with Gasteiger partial charge in [0.1, 0.15) is 22.8 Å². The van der Waals surface area contributed by atoms with Crippen molar-refractivity contribution in [2.75, 3.05) is 20.8 Å². The molecular formula is C21H20O6. The predicted octanol–water partition coefficient (Wildman–Crippen LogP) is 3.96. The normalized spacial score (nSPS) is 10.7. The van der Waals surface area contributed by atoms with Gasteiger partial charge < -0.3 is 18.6 Å². The number of ether oxygens (including phenoxy) is 3. The zero-order valence-electron chi connectivity index (χ0n) is 15.6. The van der Waals surface area contributed by atoms with Crippen LogP contribution >= 0.6 is 0 Å². The second-order valence-electron chi connectivity index (χ2n) is 5.85. The summed E-state index contributed by atoms with van der Waals surface area (Å²) in [5, 5.41) is 0.328. The summed E-state index contributed by atoms with van der Waals surface area (Å²) in [4.78, 5) is 25.2. The minimum atomic E-state index is -0.539. The van der Waals surface area contributed by atoms with Crippen LogP contribution in [0.4, 0.5) is 0 Å². The minimum Gasteiger partial charge on any atom is -0.497 e. The van der Waals surface area contributed by atoms with Gasteiger partial charge in [-0.15, -0.1) is 0 Å². The molecule has 6 nitrogen and oxygen atoms in total. The third-order valence-corrected chi connectivity index (χ3v) is 4.29. The van der Waals surface area contributed by atoms with E-state index in [-0.39, 0.29) is 23.2 Å². The maximum Gasteiger partial charge on any atom is 0.341 e. The molecule has 0 aliphatic rings. The summed E-state index contributed by atoms with van der Waals surface area (Å²) in [5.74, 6) is 0.906. The van der Waals surface area contributed by atoms with Crippen molar-refractivity contribution in [3.8, 4) is 22.8 Å². The summed E-state index contributed by atoms with van der Waals surface area (Å²) >= 11 is 0. The summed E-state index contributed by atoms with van der Waals surface area (Å²) in [6, 6.07) is 10.1. The molecule has 0 bridgehead atoms. The molecular weight excluding hydrogens is 348 g/mol. The monoisotopic (exact) mass is 368 g/mol. The zero-order chi connectivity index (χ0) is 19.6. The Morgan fingerprint density at radius 1 is 1.11 bits per heavy atom. The lowest BCUT2D eigenvalue weighted by molar-refractivity contribution is 0.0527. The van der Waals surface area contributed by atoms with Crippen LogP contribution in [-0.4, -0.2) is 26.8 Å². The fourth-order valence-electron chi connectivity index (χ4n) is 2.92. The molecule has 6 heteroatoms. The van der Waals surface area contributed by atoms with E-state index < -0.39 is 5.97 Å². The number of fused-ring (bicyclic) bond motifs is 1. The number of para-hydroxylation sites is 1. The second kappa shape index (κ2) is 7.53. The van der Waals surface area contributed by atoms with Gasteiger partial charge in [-0.1, -0.05) is 6.07 Å². The highest BCUT2D eigenvalue weighted by atomic mass is 16.5. The van der Waals surface area contributed by atoms with E-state index in [0.29, 0.717) is 33.8 Å². The van der Waals surface area contributed by atoms with Crippen molar-refractivity contribution in [1.29, 1.82) is 0 Å². The Bertz CT molecular complexity index is 1060. The Morgan fingerprint density at radius 3 is 2.56 bits per heavy atom. The average molecular weight is 368 g/mol. The van der Waals surface area contributed by atoms with Gasteiger partial charge in [0.2, 0.25) is 0 Å². The minimum absolute atomic E-state index is 0.194. The maximum atomic E-state index is 12.9. The molecule has 0 aliphatic heterocycles. The van der Waals surface area contributed by atoms with Gasteiger partial charge in [-0.05, 0) is 38.1 Å². The number of carbonyl (C=O) groups is 1. The lowest BCUT2D eigenvalue weighted by Crippen LogP contribution is -2.11. The molecule has 0 N–H and O–H groups in total. The molecule has 2 aromatic carbocycles. The molecule has 0 amide bonds. The Labute approximate surface area is 156 Å². The van der Waals surface area contributed by atoms with Crippen molar-refractivity contribution in [3.05, 3.63) is 57.7 Å². The SMILES string of the molecule is CCOC(=O)c1cccc2c(=O)c(C)c(-c3ccc(OC)cc3OC)oc12. The van der Waals surface area contributed by atoms with Crippen molar-refractivity contribution < 1.29 is 23.4 Å². The van der Waals surface area contributed by atoms with Crippen molar-refractivity contribution >= 4 is 16.9 Å². The summed E-state index contributed by atoms with van der Waals surface area (Å²) < 4.78 is 21.8. The van der Waals surface area contributed by atoms with E-state index in [2.05, 4.69) is 0 Å². The Hall–Kier alpha value is -3.28. The lowest BCUT2D eigenvalue weighted by atomic mass is 10.0. The number of hydrogen-bond donors (Lipinski definition) is 0. The van der Waals surface area contributed by atoms with Crippen molar-refractivity contribution in [1.82, 2.24) is 0 Å². The van der Waals surface area contributed by atoms with Gasteiger partial charge >= 0.3 is 5.97 Å². The van der Waals surface area contributed by atoms with Gasteiger partial charge in [0.15, 0.2) is 11.0 Å². The number of carbonyl (C=O) groups excluding carboxylic acids is 1. The quantitative estimate of drug-likeness (QED) is 0.635. The van der Waals surface area contributed by atoms with Crippen LogP contribution in [0.3, 0.4) is 0 Å². The fraction of sp³-hybridized carbons (Fsp3) is 0.238. The number of methoxy groups -OCH3 is 2. The van der Waals surface area contributed by atoms with Gasteiger partial charge in [-0.25, -0.2) is 4.79 Å². The fourth-order valence-corrected chi connectivity index (χ4v) is 2.92. The Balaban J connectivity index is 2.32. The molecule has 0 spiro atoms. The van der Waals surface area contributed by atoms with Gasteiger partial charge in [0.25, 0.3) is 0 Å². The van der Waals surface area contributed by atoms with E-state index in [4.69, 9.17) is 18.6 Å². The Kier molecular flexibility index (Phi) is 5.16. The van der Waals surface area contributed by atoms with Crippen LogP contribution in [0.5, 0.6) is 11.5 Å². The third-order valence-electron chi connectivity index (χ3n) is 4.29. The van der Waals surface area contributed by atoms with Crippen molar-refractivity contribution in [3.63, 3.8) is 0 Å². The molecule has 0 saturated carbocycles. The van der Waals surface area contributed by atoms with Crippen LogP contribution in [0.15, 0.2) is 45.6 Å². The average Bonchev–Trinajstić information content (AvgIpc) is 2.70. The van der Waals surface area contributed by atoms with Crippen LogP contribution in [0, 0.1) is 6.92 Å². The smallest absolute Gasteiger partial charge is 0.341 e. The first-order chi connectivity index (χ1) is 13.0. The molecule has 3 rings (SSSR count). The first-order valence-electron chi connectivity index (χ1n) is 8.47. The topological polar surface area (TPSA) is 75.0 Å². The highest BCUT2D eigenvalue weighted by molar-refractivity contribution is 6.02. The number of rotatable bonds is 5. The van der Waals surface area contributed by atoms with Crippen LogP contribution < -0.4 is 14.9 Å². The van der Waals surface area contributed by atoms with Crippen LogP contribution in [-0.2, 0) is 4.74 Å². The summed E-state index contributed by atoms with van der Waals surface area (Å²) in [6.45, 7) is 3.63. The molecule has 140 valence electrons. The molecule has 0 atom stereocenters. The molecule has 1 heterocycles. The Morgan fingerprint density at radius 2 is 1.89 bits per heavy atom. The number of hydrogen-bond acceptors (Lipinski definition) is 6. The summed E-state index contributed by atoms with van der Waals surface area (Å²) in [6.07, 6.45) is 0.